The maximum Gasteiger partial charge on any atom is 0.248 e. The molecular weight excluding hydrogens is 212 g/mol. The summed E-state index contributed by atoms with van der Waals surface area (Å²) in [6.45, 7) is 0. The molecule has 3 nitrogen and oxygen atoms in total. The molecule has 0 saturated heterocycles. The molecule has 3 rings (SSSR count). The minimum Gasteiger partial charge on any atom is -0.321 e. The summed E-state index contributed by atoms with van der Waals surface area (Å²) < 4.78 is 0. The van der Waals surface area contributed by atoms with Crippen molar-refractivity contribution in [2.75, 3.05) is 0 Å². The lowest BCUT2D eigenvalue weighted by Crippen LogP contribution is -2.03. The predicted molar refractivity (Wildman–Crippen MR) is 67.8 cm³/mol. The Kier molecular flexibility index (Phi) is 2.22. The van der Waals surface area contributed by atoms with Crippen LogP contribution in [0, 0.1) is 0 Å². The Bertz CT molecular complexity index is 717. The third-order valence-electron chi connectivity index (χ3n) is 2.72. The highest BCUT2D eigenvalue weighted by atomic mass is 16.1. The van der Waals surface area contributed by atoms with E-state index >= 15 is 0 Å². The summed E-state index contributed by atoms with van der Waals surface area (Å²) in [5, 5.41) is 0.936. The Morgan fingerprint density at radius 1 is 0.941 bits per heavy atom. The van der Waals surface area contributed by atoms with Crippen molar-refractivity contribution in [2.45, 2.75) is 0 Å². The van der Waals surface area contributed by atoms with Gasteiger partial charge in [0.2, 0.25) is 5.56 Å². The van der Waals surface area contributed by atoms with Gasteiger partial charge >= 0.3 is 0 Å². The van der Waals surface area contributed by atoms with Crippen molar-refractivity contribution in [3.05, 3.63) is 65.2 Å². The van der Waals surface area contributed by atoms with Crippen LogP contribution in [-0.4, -0.2) is 9.97 Å². The van der Waals surface area contributed by atoms with Gasteiger partial charge in [0.25, 0.3) is 0 Å². The molecule has 2 aromatic heterocycles. The van der Waals surface area contributed by atoms with Gasteiger partial charge < -0.3 is 4.98 Å². The molecule has 17 heavy (non-hydrogen) atoms. The Hall–Kier alpha value is -2.42. The van der Waals surface area contributed by atoms with Gasteiger partial charge in [-0.05, 0) is 11.6 Å². The van der Waals surface area contributed by atoms with Crippen molar-refractivity contribution in [3.63, 3.8) is 0 Å². The molecule has 3 aromatic rings. The van der Waals surface area contributed by atoms with Gasteiger partial charge in [-0.1, -0.05) is 30.3 Å². The van der Waals surface area contributed by atoms with Crippen LogP contribution in [0.2, 0.25) is 0 Å². The van der Waals surface area contributed by atoms with Crippen LogP contribution in [0.25, 0.3) is 22.0 Å². The number of aromatic amines is 1. The highest BCUT2D eigenvalue weighted by Gasteiger charge is 2.04. The van der Waals surface area contributed by atoms with Crippen LogP contribution in [0.15, 0.2) is 59.7 Å². The van der Waals surface area contributed by atoms with Crippen molar-refractivity contribution in [1.82, 2.24) is 9.97 Å². The molecule has 0 aliphatic carbocycles. The van der Waals surface area contributed by atoms with Crippen LogP contribution >= 0.6 is 0 Å². The average molecular weight is 222 g/mol. The summed E-state index contributed by atoms with van der Waals surface area (Å²) in [6.07, 6.45) is 3.52. The third-order valence-corrected chi connectivity index (χ3v) is 2.72. The Labute approximate surface area is 97.8 Å². The van der Waals surface area contributed by atoms with Gasteiger partial charge in [-0.3, -0.25) is 9.78 Å². The predicted octanol–water partition coefficient (Wildman–Crippen LogP) is 2.59. The van der Waals surface area contributed by atoms with Gasteiger partial charge in [0.1, 0.15) is 0 Å². The van der Waals surface area contributed by atoms with E-state index in [-0.39, 0.29) is 5.56 Å². The second-order valence-electron chi connectivity index (χ2n) is 3.84. The first-order chi connectivity index (χ1) is 8.34. The summed E-state index contributed by atoms with van der Waals surface area (Å²) in [5.74, 6) is 0. The zero-order chi connectivity index (χ0) is 11.7. The largest absolute Gasteiger partial charge is 0.321 e. The van der Waals surface area contributed by atoms with E-state index < -0.39 is 0 Å². The van der Waals surface area contributed by atoms with Gasteiger partial charge in [0.15, 0.2) is 0 Å². The number of fused-ring (bicyclic) bond motifs is 1. The van der Waals surface area contributed by atoms with Gasteiger partial charge in [-0.25, -0.2) is 0 Å². The number of nitrogens with one attached hydrogen (secondary N) is 1. The smallest absolute Gasteiger partial charge is 0.248 e. The molecule has 2 heterocycles. The van der Waals surface area contributed by atoms with E-state index in [4.69, 9.17) is 0 Å². The number of H-pyrrole nitrogens is 1. The van der Waals surface area contributed by atoms with Crippen molar-refractivity contribution in [1.29, 1.82) is 0 Å². The first kappa shape index (κ1) is 9.78. The third kappa shape index (κ3) is 1.72. The SMILES string of the molecule is O=c1ccc2cncc(-c3ccccc3)c2[nH]1. The summed E-state index contributed by atoms with van der Waals surface area (Å²) >= 11 is 0. The van der Waals surface area contributed by atoms with Gasteiger partial charge in [-0.15, -0.1) is 0 Å². The van der Waals surface area contributed by atoms with E-state index in [1.165, 1.54) is 6.07 Å². The summed E-state index contributed by atoms with van der Waals surface area (Å²) in [5.41, 5.74) is 2.73. The first-order valence-corrected chi connectivity index (χ1v) is 5.37. The molecule has 0 amide bonds. The Morgan fingerprint density at radius 3 is 2.59 bits per heavy atom. The Balaban J connectivity index is 2.37. The number of aromatic nitrogens is 2. The van der Waals surface area contributed by atoms with E-state index in [1.54, 1.807) is 18.5 Å². The molecule has 0 saturated carbocycles. The van der Waals surface area contributed by atoms with Crippen molar-refractivity contribution >= 4 is 10.9 Å². The van der Waals surface area contributed by atoms with Crippen LogP contribution < -0.4 is 5.56 Å². The molecule has 82 valence electrons. The van der Waals surface area contributed by atoms with E-state index in [0.29, 0.717) is 0 Å². The zero-order valence-electron chi connectivity index (χ0n) is 9.05. The average Bonchev–Trinajstić information content (AvgIpc) is 2.39. The number of rotatable bonds is 1. The molecule has 0 aliphatic rings. The minimum absolute atomic E-state index is 0.0964. The van der Waals surface area contributed by atoms with Gasteiger partial charge in [0.05, 0.1) is 5.52 Å². The molecule has 0 atom stereocenters. The van der Waals surface area contributed by atoms with E-state index in [0.717, 1.165) is 22.0 Å². The molecule has 0 spiro atoms. The lowest BCUT2D eigenvalue weighted by Gasteiger charge is -2.05. The zero-order valence-corrected chi connectivity index (χ0v) is 9.05. The topological polar surface area (TPSA) is 45.8 Å². The second-order valence-corrected chi connectivity index (χ2v) is 3.84. The molecule has 0 unspecified atom stereocenters. The quantitative estimate of drug-likeness (QED) is 0.687. The number of hydrogen-bond acceptors (Lipinski definition) is 2. The van der Waals surface area contributed by atoms with Crippen LogP contribution in [-0.2, 0) is 0 Å². The summed E-state index contributed by atoms with van der Waals surface area (Å²) in [7, 11) is 0. The summed E-state index contributed by atoms with van der Waals surface area (Å²) in [4.78, 5) is 18.4. The lowest BCUT2D eigenvalue weighted by molar-refractivity contribution is 1.28. The van der Waals surface area contributed by atoms with E-state index in [1.807, 2.05) is 30.3 Å². The fourth-order valence-corrected chi connectivity index (χ4v) is 1.91. The summed E-state index contributed by atoms with van der Waals surface area (Å²) in [6, 6.07) is 13.2. The number of nitrogens with zero attached hydrogens (tertiary/aromatic N) is 1. The molecule has 0 fully saturated rings. The van der Waals surface area contributed by atoms with Gasteiger partial charge in [-0.2, -0.15) is 0 Å². The molecule has 0 radical (unpaired) electrons. The second kappa shape index (κ2) is 3.87. The van der Waals surface area contributed by atoms with E-state index in [9.17, 15) is 4.79 Å². The highest BCUT2D eigenvalue weighted by molar-refractivity contribution is 5.92. The molecule has 1 aromatic carbocycles. The number of hydrogen-bond donors (Lipinski definition) is 1. The monoisotopic (exact) mass is 222 g/mol. The molecule has 1 N–H and O–H groups in total. The molecule has 0 bridgehead atoms. The minimum atomic E-state index is -0.0964. The maximum atomic E-state index is 11.4. The van der Waals surface area contributed by atoms with Crippen molar-refractivity contribution in [3.8, 4) is 11.1 Å². The highest BCUT2D eigenvalue weighted by Crippen LogP contribution is 2.24. The van der Waals surface area contributed by atoms with E-state index in [2.05, 4.69) is 9.97 Å². The maximum absolute atomic E-state index is 11.4. The number of pyridine rings is 2. The van der Waals surface area contributed by atoms with Crippen LogP contribution in [0.3, 0.4) is 0 Å². The van der Waals surface area contributed by atoms with Crippen molar-refractivity contribution < 1.29 is 0 Å². The van der Waals surface area contributed by atoms with Crippen LogP contribution in [0.1, 0.15) is 0 Å². The van der Waals surface area contributed by atoms with Crippen LogP contribution in [0.4, 0.5) is 0 Å². The van der Waals surface area contributed by atoms with Crippen LogP contribution in [0.5, 0.6) is 0 Å². The Morgan fingerprint density at radius 2 is 1.76 bits per heavy atom. The fraction of sp³-hybridized carbons (Fsp3) is 0. The number of benzene rings is 1. The molecular formula is C14H10N2O. The standard InChI is InChI=1S/C14H10N2O/c17-13-7-6-11-8-15-9-12(14(11)16-13)10-4-2-1-3-5-10/h1-9H,(H,16,17). The van der Waals surface area contributed by atoms with Crippen molar-refractivity contribution in [2.24, 2.45) is 0 Å². The normalized spacial score (nSPS) is 10.6. The molecule has 3 heteroatoms. The molecule has 0 aliphatic heterocycles. The lowest BCUT2D eigenvalue weighted by atomic mass is 10.1. The fourth-order valence-electron chi connectivity index (χ4n) is 1.91. The van der Waals surface area contributed by atoms with Gasteiger partial charge in [0, 0.05) is 29.4 Å². The first-order valence-electron chi connectivity index (χ1n) is 5.37.